The highest BCUT2D eigenvalue weighted by atomic mass is 35.5. The second-order valence-electron chi connectivity index (χ2n) is 7.28. The largest absolute Gasteiger partial charge is 0.326 e. The van der Waals surface area contributed by atoms with Crippen molar-refractivity contribution in [2.45, 2.75) is 32.4 Å². The Morgan fingerprint density at radius 1 is 1.18 bits per heavy atom. The predicted octanol–water partition coefficient (Wildman–Crippen LogP) is 4.14. The van der Waals surface area contributed by atoms with E-state index >= 15 is 0 Å². The lowest BCUT2D eigenvalue weighted by Crippen LogP contribution is -2.44. The van der Waals surface area contributed by atoms with Gasteiger partial charge in [-0.15, -0.1) is 0 Å². The maximum Gasteiger partial charge on any atom is 0.228 e. The standard InChI is InChI=1S/C21H25ClN2O3S/c1-15-7-3-4-8-18(15)14-28(26,27)24-12-6-9-17(13-24)21(25)23-20-11-5-10-19(22)16(20)2/h3-5,7-8,10-11,17H,6,9,12-14H2,1-2H3,(H,23,25)/t17-/m0/s1. The molecule has 1 N–H and O–H groups in total. The summed E-state index contributed by atoms with van der Waals surface area (Å²) in [6.45, 7) is 4.41. The van der Waals surface area contributed by atoms with E-state index in [1.165, 1.54) is 4.31 Å². The number of hydrogen-bond donors (Lipinski definition) is 1. The minimum absolute atomic E-state index is 0.0403. The van der Waals surface area contributed by atoms with Gasteiger partial charge in [0, 0.05) is 23.8 Å². The summed E-state index contributed by atoms with van der Waals surface area (Å²) in [5.74, 6) is -0.582. The molecule has 0 unspecified atom stereocenters. The van der Waals surface area contributed by atoms with Crippen LogP contribution < -0.4 is 5.32 Å². The quantitative estimate of drug-likeness (QED) is 0.790. The van der Waals surface area contributed by atoms with Gasteiger partial charge in [0.25, 0.3) is 0 Å². The second kappa shape index (κ2) is 8.64. The number of carbonyl (C=O) groups excluding carboxylic acids is 1. The molecule has 0 aromatic heterocycles. The van der Waals surface area contributed by atoms with Gasteiger partial charge in [0.2, 0.25) is 15.9 Å². The van der Waals surface area contributed by atoms with E-state index in [1.54, 1.807) is 18.2 Å². The molecule has 150 valence electrons. The van der Waals surface area contributed by atoms with Gasteiger partial charge < -0.3 is 5.32 Å². The summed E-state index contributed by atoms with van der Waals surface area (Å²) in [7, 11) is -3.48. The Balaban J connectivity index is 1.70. The molecule has 1 aliphatic heterocycles. The molecule has 1 heterocycles. The summed E-state index contributed by atoms with van der Waals surface area (Å²) >= 11 is 6.12. The van der Waals surface area contributed by atoms with Gasteiger partial charge in [-0.3, -0.25) is 4.79 Å². The number of amides is 1. The number of nitrogens with one attached hydrogen (secondary N) is 1. The van der Waals surface area contributed by atoms with Gasteiger partial charge in [-0.1, -0.05) is 41.9 Å². The van der Waals surface area contributed by atoms with Crippen molar-refractivity contribution in [1.82, 2.24) is 4.31 Å². The lowest BCUT2D eigenvalue weighted by atomic mass is 9.98. The molecule has 28 heavy (non-hydrogen) atoms. The fourth-order valence-electron chi connectivity index (χ4n) is 3.45. The van der Waals surface area contributed by atoms with Crippen LogP contribution in [0.4, 0.5) is 5.69 Å². The van der Waals surface area contributed by atoms with Crippen molar-refractivity contribution >= 4 is 33.2 Å². The summed E-state index contributed by atoms with van der Waals surface area (Å²) in [5, 5.41) is 3.49. The molecule has 0 radical (unpaired) electrons. The monoisotopic (exact) mass is 420 g/mol. The predicted molar refractivity (Wildman–Crippen MR) is 113 cm³/mol. The number of nitrogens with zero attached hydrogens (tertiary/aromatic N) is 1. The Morgan fingerprint density at radius 3 is 2.68 bits per heavy atom. The van der Waals surface area contributed by atoms with E-state index in [4.69, 9.17) is 11.6 Å². The van der Waals surface area contributed by atoms with Crippen LogP contribution in [0.2, 0.25) is 5.02 Å². The minimum atomic E-state index is -3.48. The first-order valence-electron chi connectivity index (χ1n) is 9.36. The molecule has 1 aliphatic rings. The van der Waals surface area contributed by atoms with E-state index in [0.717, 1.165) is 16.7 Å². The molecule has 0 saturated carbocycles. The molecular weight excluding hydrogens is 396 g/mol. The number of hydrogen-bond acceptors (Lipinski definition) is 3. The number of anilines is 1. The van der Waals surface area contributed by atoms with E-state index < -0.39 is 10.0 Å². The second-order valence-corrected chi connectivity index (χ2v) is 9.66. The molecule has 7 heteroatoms. The normalized spacial score (nSPS) is 18.0. The van der Waals surface area contributed by atoms with Crippen LogP contribution >= 0.6 is 11.6 Å². The maximum absolute atomic E-state index is 12.9. The van der Waals surface area contributed by atoms with Crippen LogP contribution in [-0.4, -0.2) is 31.7 Å². The van der Waals surface area contributed by atoms with Crippen molar-refractivity contribution in [3.63, 3.8) is 0 Å². The minimum Gasteiger partial charge on any atom is -0.326 e. The first-order valence-corrected chi connectivity index (χ1v) is 11.3. The third-order valence-electron chi connectivity index (χ3n) is 5.27. The molecule has 1 atom stereocenters. The van der Waals surface area contributed by atoms with E-state index in [2.05, 4.69) is 5.32 Å². The Hall–Kier alpha value is -1.89. The summed E-state index contributed by atoms with van der Waals surface area (Å²) in [5.41, 5.74) is 3.21. The van der Waals surface area contributed by atoms with Crippen LogP contribution in [0.1, 0.15) is 29.5 Å². The van der Waals surface area contributed by atoms with Gasteiger partial charge in [0.05, 0.1) is 11.7 Å². The first-order chi connectivity index (χ1) is 13.3. The SMILES string of the molecule is Cc1ccccc1CS(=O)(=O)N1CCC[C@H](C(=O)Nc2cccc(Cl)c2C)C1. The van der Waals surface area contributed by atoms with E-state index in [9.17, 15) is 13.2 Å². The van der Waals surface area contributed by atoms with Crippen molar-refractivity contribution in [2.75, 3.05) is 18.4 Å². The number of benzene rings is 2. The van der Waals surface area contributed by atoms with Crippen LogP contribution in [0, 0.1) is 19.8 Å². The van der Waals surface area contributed by atoms with Crippen LogP contribution in [0.15, 0.2) is 42.5 Å². The molecule has 1 saturated heterocycles. The van der Waals surface area contributed by atoms with Crippen molar-refractivity contribution in [3.05, 3.63) is 64.2 Å². The zero-order valence-corrected chi connectivity index (χ0v) is 17.7. The highest BCUT2D eigenvalue weighted by Crippen LogP contribution is 2.26. The van der Waals surface area contributed by atoms with Gasteiger partial charge >= 0.3 is 0 Å². The highest BCUT2D eigenvalue weighted by molar-refractivity contribution is 7.88. The van der Waals surface area contributed by atoms with Gasteiger partial charge in [0.1, 0.15) is 0 Å². The average molecular weight is 421 g/mol. The van der Waals surface area contributed by atoms with Crippen LogP contribution in [0.25, 0.3) is 0 Å². The third kappa shape index (κ3) is 4.74. The number of piperidine rings is 1. The number of halogens is 1. The Bertz CT molecular complexity index is 975. The third-order valence-corrected chi connectivity index (χ3v) is 7.48. The van der Waals surface area contributed by atoms with Crippen molar-refractivity contribution in [2.24, 2.45) is 5.92 Å². The molecule has 2 aromatic rings. The molecule has 0 spiro atoms. The molecule has 1 fully saturated rings. The highest BCUT2D eigenvalue weighted by Gasteiger charge is 2.32. The fourth-order valence-corrected chi connectivity index (χ4v) is 5.33. The maximum atomic E-state index is 12.9. The van der Waals surface area contributed by atoms with Crippen LogP contribution in [0.5, 0.6) is 0 Å². The van der Waals surface area contributed by atoms with Gasteiger partial charge in [0.15, 0.2) is 0 Å². The molecular formula is C21H25ClN2O3S. The van der Waals surface area contributed by atoms with Gasteiger partial charge in [-0.05, 0) is 55.5 Å². The molecule has 3 rings (SSSR count). The molecule has 2 aromatic carbocycles. The Labute approximate surface area is 171 Å². The average Bonchev–Trinajstić information content (AvgIpc) is 2.67. The van der Waals surface area contributed by atoms with Crippen molar-refractivity contribution in [3.8, 4) is 0 Å². The molecule has 0 bridgehead atoms. The topological polar surface area (TPSA) is 66.5 Å². The lowest BCUT2D eigenvalue weighted by molar-refractivity contribution is -0.120. The Morgan fingerprint density at radius 2 is 1.93 bits per heavy atom. The van der Waals surface area contributed by atoms with Crippen molar-refractivity contribution in [1.29, 1.82) is 0 Å². The molecule has 5 nitrogen and oxygen atoms in total. The smallest absolute Gasteiger partial charge is 0.228 e. The van der Waals surface area contributed by atoms with Crippen LogP contribution in [-0.2, 0) is 20.6 Å². The fraction of sp³-hybridized carbons (Fsp3) is 0.381. The zero-order valence-electron chi connectivity index (χ0n) is 16.1. The molecule has 1 amide bonds. The summed E-state index contributed by atoms with van der Waals surface area (Å²) in [6, 6.07) is 12.8. The number of sulfonamides is 1. The lowest BCUT2D eigenvalue weighted by Gasteiger charge is -2.31. The van der Waals surface area contributed by atoms with Gasteiger partial charge in [-0.2, -0.15) is 0 Å². The number of aryl methyl sites for hydroxylation is 1. The molecule has 0 aliphatic carbocycles. The summed E-state index contributed by atoms with van der Waals surface area (Å²) in [6.07, 6.45) is 1.33. The number of rotatable bonds is 5. The summed E-state index contributed by atoms with van der Waals surface area (Å²) in [4.78, 5) is 12.7. The first kappa shape index (κ1) is 20.8. The Kier molecular flexibility index (Phi) is 6.43. The number of carbonyl (C=O) groups is 1. The zero-order chi connectivity index (χ0) is 20.3. The summed E-state index contributed by atoms with van der Waals surface area (Å²) < 4.78 is 27.3. The van der Waals surface area contributed by atoms with E-state index in [1.807, 2.05) is 38.1 Å². The van der Waals surface area contributed by atoms with Crippen molar-refractivity contribution < 1.29 is 13.2 Å². The van der Waals surface area contributed by atoms with Crippen LogP contribution in [0.3, 0.4) is 0 Å². The van der Waals surface area contributed by atoms with E-state index in [-0.39, 0.29) is 24.1 Å². The van der Waals surface area contributed by atoms with Gasteiger partial charge in [-0.25, -0.2) is 12.7 Å². The van der Waals surface area contributed by atoms with E-state index in [0.29, 0.717) is 30.1 Å².